The van der Waals surface area contributed by atoms with Gasteiger partial charge in [-0.3, -0.25) is 0 Å². The maximum atomic E-state index is 5.22. The molecule has 0 aliphatic rings. The minimum Gasteiger partial charge on any atom is -0.309 e. The monoisotopic (exact) mass is 1020 g/mol. The molecule has 80 heavy (non-hydrogen) atoms. The molecular formula is C72H46N8. The number of fused-ring (bicyclic) bond motifs is 6. The molecule has 0 aliphatic carbocycles. The van der Waals surface area contributed by atoms with Crippen LogP contribution in [0.3, 0.4) is 0 Å². The van der Waals surface area contributed by atoms with E-state index in [2.05, 4.69) is 167 Å². The van der Waals surface area contributed by atoms with Crippen LogP contribution in [0.15, 0.2) is 279 Å². The SMILES string of the molecule is c1ccc(-c2nc(-c3ccccc3)nc(-c3ccc(-n4c5ccccc5c5ccccc54)c(-c4cccc(-c5cc(-c6nc(-c7ccccc7)nc(-c7ccccc7)n6)ccc5-n5c6ccccc6c6ccccc65)c4)c3)n2)cc1. The van der Waals surface area contributed by atoms with Gasteiger partial charge >= 0.3 is 0 Å². The van der Waals surface area contributed by atoms with E-state index in [1.807, 2.05) is 121 Å². The first-order chi connectivity index (χ1) is 39.7. The van der Waals surface area contributed by atoms with Crippen molar-refractivity contribution >= 4 is 43.6 Å². The van der Waals surface area contributed by atoms with Gasteiger partial charge < -0.3 is 9.13 Å². The van der Waals surface area contributed by atoms with Gasteiger partial charge in [-0.15, -0.1) is 0 Å². The molecule has 0 amide bonds. The molecule has 0 fully saturated rings. The van der Waals surface area contributed by atoms with Gasteiger partial charge in [-0.25, -0.2) is 29.9 Å². The average Bonchev–Trinajstić information content (AvgIpc) is 4.17. The van der Waals surface area contributed by atoms with Crippen LogP contribution in [0.2, 0.25) is 0 Å². The molecule has 11 aromatic carbocycles. The van der Waals surface area contributed by atoms with Crippen molar-refractivity contribution in [1.29, 1.82) is 0 Å². The van der Waals surface area contributed by atoms with Crippen LogP contribution in [0, 0.1) is 0 Å². The lowest BCUT2D eigenvalue weighted by Gasteiger charge is -2.19. The van der Waals surface area contributed by atoms with Crippen LogP contribution in [-0.4, -0.2) is 39.0 Å². The van der Waals surface area contributed by atoms with Gasteiger partial charge in [0.2, 0.25) is 0 Å². The molecule has 0 atom stereocenters. The first kappa shape index (κ1) is 46.4. The largest absolute Gasteiger partial charge is 0.309 e. The zero-order valence-corrected chi connectivity index (χ0v) is 43.1. The summed E-state index contributed by atoms with van der Waals surface area (Å²) in [6.45, 7) is 0. The van der Waals surface area contributed by atoms with Crippen LogP contribution >= 0.6 is 0 Å². The van der Waals surface area contributed by atoms with Gasteiger partial charge in [0.25, 0.3) is 0 Å². The molecule has 15 aromatic rings. The number of hydrogen-bond acceptors (Lipinski definition) is 6. The molecule has 15 rings (SSSR count). The number of para-hydroxylation sites is 4. The van der Waals surface area contributed by atoms with Crippen LogP contribution in [-0.2, 0) is 0 Å². The lowest BCUT2D eigenvalue weighted by Crippen LogP contribution is -2.02. The minimum absolute atomic E-state index is 0.576. The molecule has 0 saturated carbocycles. The zero-order valence-electron chi connectivity index (χ0n) is 43.1. The van der Waals surface area contributed by atoms with Crippen LogP contribution in [0.25, 0.3) is 146 Å². The summed E-state index contributed by atoms with van der Waals surface area (Å²) in [5.74, 6) is 3.57. The second-order valence-corrected chi connectivity index (χ2v) is 19.9. The molecule has 374 valence electrons. The lowest BCUT2D eigenvalue weighted by atomic mass is 9.94. The Labute approximate surface area is 461 Å². The normalized spacial score (nSPS) is 11.5. The molecule has 0 aliphatic heterocycles. The number of hydrogen-bond donors (Lipinski definition) is 0. The quantitative estimate of drug-likeness (QED) is 0.136. The Morgan fingerprint density at radius 2 is 0.438 bits per heavy atom. The van der Waals surface area contributed by atoms with E-state index in [-0.39, 0.29) is 0 Å². The second kappa shape index (κ2) is 19.6. The van der Waals surface area contributed by atoms with Crippen molar-refractivity contribution in [2.24, 2.45) is 0 Å². The maximum absolute atomic E-state index is 5.22. The van der Waals surface area contributed by atoms with Crippen LogP contribution in [0.1, 0.15) is 0 Å². The fourth-order valence-electron chi connectivity index (χ4n) is 11.3. The van der Waals surface area contributed by atoms with Crippen molar-refractivity contribution in [3.05, 3.63) is 279 Å². The van der Waals surface area contributed by atoms with Crippen LogP contribution in [0.5, 0.6) is 0 Å². The topological polar surface area (TPSA) is 87.2 Å². The molecule has 0 spiro atoms. The Bertz CT molecular complexity index is 4290. The average molecular weight is 1020 g/mol. The minimum atomic E-state index is 0.576. The van der Waals surface area contributed by atoms with E-state index >= 15 is 0 Å². The van der Waals surface area contributed by atoms with Gasteiger partial charge in [0.05, 0.1) is 33.4 Å². The molecular weight excluding hydrogens is 977 g/mol. The number of aromatic nitrogens is 8. The molecule has 0 radical (unpaired) electrons. The van der Waals surface area contributed by atoms with Gasteiger partial charge in [0, 0.05) is 66.1 Å². The highest BCUT2D eigenvalue weighted by atomic mass is 15.0. The first-order valence-corrected chi connectivity index (χ1v) is 26.8. The Morgan fingerprint density at radius 3 is 0.738 bits per heavy atom. The van der Waals surface area contributed by atoms with Gasteiger partial charge in [-0.2, -0.15) is 0 Å². The third kappa shape index (κ3) is 8.18. The summed E-state index contributed by atoms with van der Waals surface area (Å²) in [4.78, 5) is 31.0. The highest BCUT2D eigenvalue weighted by molar-refractivity contribution is 6.11. The van der Waals surface area contributed by atoms with Crippen molar-refractivity contribution in [3.8, 4) is 102 Å². The highest BCUT2D eigenvalue weighted by Gasteiger charge is 2.22. The van der Waals surface area contributed by atoms with Crippen molar-refractivity contribution < 1.29 is 0 Å². The lowest BCUT2D eigenvalue weighted by molar-refractivity contribution is 1.07. The Morgan fingerprint density at radius 1 is 0.188 bits per heavy atom. The maximum Gasteiger partial charge on any atom is 0.164 e. The van der Waals surface area contributed by atoms with E-state index in [0.29, 0.717) is 34.9 Å². The summed E-state index contributed by atoms with van der Waals surface area (Å²) in [6, 6.07) is 97.4. The zero-order chi connectivity index (χ0) is 52.9. The predicted octanol–water partition coefficient (Wildman–Crippen LogP) is 17.6. The van der Waals surface area contributed by atoms with E-state index < -0.39 is 0 Å². The molecule has 8 heteroatoms. The first-order valence-electron chi connectivity index (χ1n) is 26.8. The standard InChI is InChI=1S/C72H46N8/c1-5-22-47(23-6-1)67-73-68(48-24-7-2-8-25-48)76-71(75-67)53-40-42-65(79-61-36-17-13-32-55(61)56-33-14-18-37-62(56)79)59(45-53)51-30-21-31-52(44-51)60-46-54(41-43-66(60)80-63-38-19-15-34-57(63)58-35-16-20-39-64(58)80)72-77-69(49-26-9-3-10-27-49)74-70(78-72)50-28-11-4-12-29-50/h1-46H. The smallest absolute Gasteiger partial charge is 0.164 e. The Kier molecular flexibility index (Phi) is 11.3. The van der Waals surface area contributed by atoms with E-state index in [0.717, 1.165) is 89.1 Å². The van der Waals surface area contributed by atoms with Gasteiger partial charge in [0.15, 0.2) is 34.9 Å². The van der Waals surface area contributed by atoms with Gasteiger partial charge in [0.1, 0.15) is 0 Å². The highest BCUT2D eigenvalue weighted by Crippen LogP contribution is 2.42. The molecule has 8 nitrogen and oxygen atoms in total. The van der Waals surface area contributed by atoms with Crippen molar-refractivity contribution in [3.63, 3.8) is 0 Å². The Balaban J connectivity index is 0.982. The number of rotatable bonds is 10. The van der Waals surface area contributed by atoms with Gasteiger partial charge in [-0.1, -0.05) is 212 Å². The predicted molar refractivity (Wildman–Crippen MR) is 325 cm³/mol. The molecule has 0 bridgehead atoms. The van der Waals surface area contributed by atoms with E-state index in [4.69, 9.17) is 29.9 Å². The molecule has 4 aromatic heterocycles. The summed E-state index contributed by atoms with van der Waals surface area (Å²) >= 11 is 0. The van der Waals surface area contributed by atoms with E-state index in [9.17, 15) is 0 Å². The molecule has 4 heterocycles. The fraction of sp³-hybridized carbons (Fsp3) is 0. The molecule has 0 N–H and O–H groups in total. The summed E-state index contributed by atoms with van der Waals surface area (Å²) in [5.41, 5.74) is 15.9. The van der Waals surface area contributed by atoms with Gasteiger partial charge in [-0.05, 0) is 77.9 Å². The number of benzene rings is 11. The summed E-state index contributed by atoms with van der Waals surface area (Å²) in [7, 11) is 0. The van der Waals surface area contributed by atoms with E-state index in [1.165, 1.54) is 21.5 Å². The van der Waals surface area contributed by atoms with Crippen molar-refractivity contribution in [1.82, 2.24) is 39.0 Å². The van der Waals surface area contributed by atoms with E-state index in [1.54, 1.807) is 0 Å². The molecule has 0 unspecified atom stereocenters. The Hall–Kier alpha value is -11.0. The van der Waals surface area contributed by atoms with Crippen molar-refractivity contribution in [2.45, 2.75) is 0 Å². The third-order valence-electron chi connectivity index (χ3n) is 15.0. The van der Waals surface area contributed by atoms with Crippen LogP contribution in [0.4, 0.5) is 0 Å². The van der Waals surface area contributed by atoms with Crippen LogP contribution < -0.4 is 0 Å². The summed E-state index contributed by atoms with van der Waals surface area (Å²) < 4.78 is 4.79. The third-order valence-corrected chi connectivity index (χ3v) is 15.0. The summed E-state index contributed by atoms with van der Waals surface area (Å²) in [6.07, 6.45) is 0. The molecule has 0 saturated heterocycles. The second-order valence-electron chi connectivity index (χ2n) is 19.9. The fourth-order valence-corrected chi connectivity index (χ4v) is 11.3. The summed E-state index contributed by atoms with van der Waals surface area (Å²) in [5, 5.41) is 4.73. The van der Waals surface area contributed by atoms with Crippen molar-refractivity contribution in [2.75, 3.05) is 0 Å². The number of nitrogens with zero attached hydrogens (tertiary/aromatic N) is 8.